The minimum Gasteiger partial charge on any atom is -0.464 e. The number of esters is 1. The van der Waals surface area contributed by atoms with Crippen LogP contribution >= 0.6 is 0 Å². The van der Waals surface area contributed by atoms with Crippen molar-refractivity contribution in [3.8, 4) is 0 Å². The summed E-state index contributed by atoms with van der Waals surface area (Å²) < 4.78 is 30.6. The Bertz CT molecular complexity index is 227. The Balaban J connectivity index is 2.82. The van der Waals surface area contributed by atoms with Gasteiger partial charge in [-0.3, -0.25) is 0 Å². The lowest BCUT2D eigenvalue weighted by molar-refractivity contribution is -0.214. The van der Waals surface area contributed by atoms with Gasteiger partial charge in [0.2, 0.25) is 0 Å². The zero-order valence-corrected chi connectivity index (χ0v) is 7.85. The highest BCUT2D eigenvalue weighted by atomic mass is 19.3. The standard InChI is InChI=1S/C8H13F2NO3/c1-14-6(12)8(9,10)7(13)3-2-4-11-5-7/h11,13H,2-5H2,1H3. The monoisotopic (exact) mass is 209 g/mol. The molecule has 1 heterocycles. The molecule has 0 aliphatic carbocycles. The summed E-state index contributed by atoms with van der Waals surface area (Å²) in [5.41, 5.74) is -2.32. The van der Waals surface area contributed by atoms with E-state index in [0.717, 1.165) is 7.11 Å². The Morgan fingerprint density at radius 3 is 2.71 bits per heavy atom. The van der Waals surface area contributed by atoms with Crippen molar-refractivity contribution in [1.29, 1.82) is 0 Å². The summed E-state index contributed by atoms with van der Waals surface area (Å²) in [5, 5.41) is 12.2. The van der Waals surface area contributed by atoms with Crippen molar-refractivity contribution in [2.75, 3.05) is 20.2 Å². The summed E-state index contributed by atoms with van der Waals surface area (Å²) in [6, 6.07) is 0. The maximum Gasteiger partial charge on any atom is 0.379 e. The molecule has 0 aromatic heterocycles. The van der Waals surface area contributed by atoms with Gasteiger partial charge in [0.15, 0.2) is 5.60 Å². The van der Waals surface area contributed by atoms with Crippen LogP contribution in [-0.4, -0.2) is 42.8 Å². The second kappa shape index (κ2) is 3.78. The number of alkyl halides is 2. The van der Waals surface area contributed by atoms with Gasteiger partial charge in [-0.2, -0.15) is 8.78 Å². The van der Waals surface area contributed by atoms with E-state index >= 15 is 0 Å². The van der Waals surface area contributed by atoms with Crippen molar-refractivity contribution in [2.24, 2.45) is 0 Å². The van der Waals surface area contributed by atoms with Crippen LogP contribution in [0.4, 0.5) is 8.78 Å². The van der Waals surface area contributed by atoms with Crippen LogP contribution in [0.15, 0.2) is 0 Å². The molecular weight excluding hydrogens is 196 g/mol. The first-order valence-electron chi connectivity index (χ1n) is 4.33. The van der Waals surface area contributed by atoms with Gasteiger partial charge in [-0.05, 0) is 19.4 Å². The van der Waals surface area contributed by atoms with E-state index in [1.54, 1.807) is 0 Å². The van der Waals surface area contributed by atoms with Gasteiger partial charge in [0, 0.05) is 6.54 Å². The molecule has 1 atom stereocenters. The topological polar surface area (TPSA) is 58.6 Å². The third-order valence-electron chi connectivity index (χ3n) is 2.39. The number of nitrogens with one attached hydrogen (secondary N) is 1. The van der Waals surface area contributed by atoms with E-state index in [4.69, 9.17) is 0 Å². The summed E-state index contributed by atoms with van der Waals surface area (Å²) in [5.74, 6) is -5.54. The van der Waals surface area contributed by atoms with Crippen molar-refractivity contribution in [3.63, 3.8) is 0 Å². The molecule has 0 aromatic carbocycles. The number of ether oxygens (including phenoxy) is 1. The molecule has 2 N–H and O–H groups in total. The molecule has 4 nitrogen and oxygen atoms in total. The molecule has 0 radical (unpaired) electrons. The molecule has 14 heavy (non-hydrogen) atoms. The lowest BCUT2D eigenvalue weighted by Gasteiger charge is -2.37. The minimum absolute atomic E-state index is 0.109. The molecular formula is C8H13F2NO3. The van der Waals surface area contributed by atoms with Gasteiger partial charge in [0.1, 0.15) is 0 Å². The van der Waals surface area contributed by atoms with Crippen molar-refractivity contribution in [1.82, 2.24) is 5.32 Å². The first-order valence-corrected chi connectivity index (χ1v) is 4.33. The summed E-state index contributed by atoms with van der Waals surface area (Å²) in [7, 11) is 0.871. The highest BCUT2D eigenvalue weighted by Crippen LogP contribution is 2.34. The normalized spacial score (nSPS) is 28.6. The number of aliphatic hydroxyl groups is 1. The predicted molar refractivity (Wildman–Crippen MR) is 44.0 cm³/mol. The lowest BCUT2D eigenvalue weighted by Crippen LogP contribution is -2.61. The van der Waals surface area contributed by atoms with Crippen LogP contribution in [0.1, 0.15) is 12.8 Å². The predicted octanol–water partition coefficient (Wildman–Crippen LogP) is -0.0908. The number of methoxy groups -OCH3 is 1. The molecule has 1 aliphatic rings. The van der Waals surface area contributed by atoms with Gasteiger partial charge < -0.3 is 15.2 Å². The molecule has 82 valence electrons. The van der Waals surface area contributed by atoms with Gasteiger partial charge in [0.25, 0.3) is 0 Å². The fraction of sp³-hybridized carbons (Fsp3) is 0.875. The first-order chi connectivity index (χ1) is 6.44. The molecule has 0 aromatic rings. The van der Waals surface area contributed by atoms with E-state index in [-0.39, 0.29) is 13.0 Å². The number of β-amino-alcohol motifs (C(OH)–C–C–N with tert-alkyl or cyclic N) is 1. The van der Waals surface area contributed by atoms with Crippen LogP contribution < -0.4 is 5.32 Å². The molecule has 1 rings (SSSR count). The number of hydrogen-bond acceptors (Lipinski definition) is 4. The molecule has 0 saturated carbocycles. The highest BCUT2D eigenvalue weighted by molar-refractivity contribution is 5.79. The van der Waals surface area contributed by atoms with Gasteiger partial charge >= 0.3 is 11.9 Å². The van der Waals surface area contributed by atoms with Crippen LogP contribution in [0.5, 0.6) is 0 Å². The van der Waals surface area contributed by atoms with E-state index in [9.17, 15) is 18.7 Å². The van der Waals surface area contributed by atoms with Crippen LogP contribution in [0.25, 0.3) is 0 Å². The number of halogens is 2. The Kier molecular flexibility index (Phi) is 3.06. The van der Waals surface area contributed by atoms with Crippen LogP contribution in [0.3, 0.4) is 0 Å². The maximum atomic E-state index is 13.3. The molecule has 0 bridgehead atoms. The average molecular weight is 209 g/mol. The van der Waals surface area contributed by atoms with Gasteiger partial charge in [-0.15, -0.1) is 0 Å². The molecule has 0 amide bonds. The summed E-state index contributed by atoms with van der Waals surface area (Å²) >= 11 is 0. The lowest BCUT2D eigenvalue weighted by atomic mass is 9.87. The summed E-state index contributed by atoms with van der Waals surface area (Å²) in [6.07, 6.45) is 0.297. The fourth-order valence-corrected chi connectivity index (χ4v) is 1.48. The average Bonchev–Trinajstić information content (AvgIpc) is 2.17. The van der Waals surface area contributed by atoms with Crippen LogP contribution in [-0.2, 0) is 9.53 Å². The summed E-state index contributed by atoms with van der Waals surface area (Å²) in [6.45, 7) is 0.272. The Labute approximate surface area is 80.2 Å². The number of rotatable bonds is 2. The van der Waals surface area contributed by atoms with Crippen molar-refractivity contribution in [3.05, 3.63) is 0 Å². The molecule has 6 heteroatoms. The molecule has 1 aliphatic heterocycles. The quantitative estimate of drug-likeness (QED) is 0.624. The van der Waals surface area contributed by atoms with Gasteiger partial charge in [-0.1, -0.05) is 0 Å². The van der Waals surface area contributed by atoms with E-state index in [1.165, 1.54) is 0 Å². The minimum atomic E-state index is -3.85. The first kappa shape index (κ1) is 11.3. The molecule has 1 fully saturated rings. The number of piperidine rings is 1. The van der Waals surface area contributed by atoms with E-state index in [1.807, 2.05) is 0 Å². The maximum absolute atomic E-state index is 13.3. The van der Waals surface area contributed by atoms with Crippen LogP contribution in [0.2, 0.25) is 0 Å². The Morgan fingerprint density at radius 1 is 1.64 bits per heavy atom. The second-order valence-corrected chi connectivity index (χ2v) is 3.38. The second-order valence-electron chi connectivity index (χ2n) is 3.38. The van der Waals surface area contributed by atoms with Gasteiger partial charge in [0.05, 0.1) is 7.11 Å². The van der Waals surface area contributed by atoms with E-state index < -0.39 is 17.5 Å². The smallest absolute Gasteiger partial charge is 0.379 e. The Hall–Kier alpha value is -0.750. The van der Waals surface area contributed by atoms with E-state index in [2.05, 4.69) is 10.1 Å². The number of carbonyl (C=O) groups excluding carboxylic acids is 1. The SMILES string of the molecule is COC(=O)C(F)(F)C1(O)CCCNC1. The van der Waals surface area contributed by atoms with E-state index in [0.29, 0.717) is 13.0 Å². The highest BCUT2D eigenvalue weighted by Gasteiger charge is 2.59. The Morgan fingerprint density at radius 2 is 2.29 bits per heavy atom. The van der Waals surface area contributed by atoms with Crippen molar-refractivity contribution >= 4 is 5.97 Å². The largest absolute Gasteiger partial charge is 0.464 e. The molecule has 1 saturated heterocycles. The zero-order chi connectivity index (χ0) is 10.8. The van der Waals surface area contributed by atoms with Crippen molar-refractivity contribution in [2.45, 2.75) is 24.4 Å². The van der Waals surface area contributed by atoms with Crippen LogP contribution in [0, 0.1) is 0 Å². The summed E-state index contributed by atoms with van der Waals surface area (Å²) in [4.78, 5) is 10.8. The molecule has 1 unspecified atom stereocenters. The number of hydrogen-bond donors (Lipinski definition) is 2. The van der Waals surface area contributed by atoms with Gasteiger partial charge in [-0.25, -0.2) is 4.79 Å². The fourth-order valence-electron chi connectivity index (χ4n) is 1.48. The third-order valence-corrected chi connectivity index (χ3v) is 2.39. The number of carbonyl (C=O) groups is 1. The third kappa shape index (κ3) is 1.72. The molecule has 0 spiro atoms. The van der Waals surface area contributed by atoms with Crippen molar-refractivity contribution < 1.29 is 23.4 Å². The zero-order valence-electron chi connectivity index (χ0n) is 7.85.